The molecule has 1 heterocycles. The first-order valence-corrected chi connectivity index (χ1v) is 11.2. The van der Waals surface area contributed by atoms with Crippen LogP contribution in [0.15, 0.2) is 58.3 Å². The van der Waals surface area contributed by atoms with Gasteiger partial charge >= 0.3 is 5.97 Å². The molecular formula is C23H26N2O5S. The van der Waals surface area contributed by atoms with Crippen molar-refractivity contribution in [3.8, 4) is 11.6 Å². The van der Waals surface area contributed by atoms with Crippen LogP contribution in [0.4, 0.5) is 0 Å². The SMILES string of the molecule is COc1cccc(C(=O)Oc2c(S(=O)(=O)c3ccc(C)cc3)c(C)nn2C(C)(C)C)c1. The van der Waals surface area contributed by atoms with Crippen LogP contribution in [0.3, 0.4) is 0 Å². The minimum absolute atomic E-state index is 0.105. The molecule has 3 rings (SSSR count). The molecule has 8 heteroatoms. The van der Waals surface area contributed by atoms with Gasteiger partial charge in [0.05, 0.1) is 28.8 Å². The van der Waals surface area contributed by atoms with E-state index in [4.69, 9.17) is 9.47 Å². The van der Waals surface area contributed by atoms with Crippen molar-refractivity contribution in [3.63, 3.8) is 0 Å². The van der Waals surface area contributed by atoms with Crippen molar-refractivity contribution in [2.75, 3.05) is 7.11 Å². The smallest absolute Gasteiger partial charge is 0.345 e. The normalized spacial score (nSPS) is 11.9. The average Bonchev–Trinajstić information content (AvgIpc) is 3.05. The standard InChI is InChI=1S/C23H26N2O5S/c1-15-10-12-19(13-11-15)31(27,28)20-16(2)24-25(23(3,4)5)21(20)30-22(26)17-8-7-9-18(14-17)29-6/h7-14H,1-6H3. The summed E-state index contributed by atoms with van der Waals surface area (Å²) in [4.78, 5) is 12.9. The quantitative estimate of drug-likeness (QED) is 0.547. The number of ether oxygens (including phenoxy) is 2. The molecule has 3 aromatic rings. The van der Waals surface area contributed by atoms with E-state index < -0.39 is 21.3 Å². The Balaban J connectivity index is 2.16. The predicted octanol–water partition coefficient (Wildman–Crippen LogP) is 4.32. The van der Waals surface area contributed by atoms with Crippen LogP contribution < -0.4 is 9.47 Å². The van der Waals surface area contributed by atoms with Crippen LogP contribution in [-0.4, -0.2) is 31.3 Å². The lowest BCUT2D eigenvalue weighted by Gasteiger charge is -2.22. The van der Waals surface area contributed by atoms with Gasteiger partial charge in [-0.3, -0.25) is 0 Å². The number of esters is 1. The van der Waals surface area contributed by atoms with E-state index in [0.29, 0.717) is 5.75 Å². The van der Waals surface area contributed by atoms with Crippen molar-refractivity contribution in [1.29, 1.82) is 0 Å². The number of benzene rings is 2. The minimum Gasteiger partial charge on any atom is -0.497 e. The molecule has 2 aromatic carbocycles. The van der Waals surface area contributed by atoms with Crippen LogP contribution in [0.1, 0.15) is 42.4 Å². The molecule has 7 nitrogen and oxygen atoms in total. The number of sulfone groups is 1. The Morgan fingerprint density at radius 1 is 1.03 bits per heavy atom. The maximum Gasteiger partial charge on any atom is 0.345 e. The summed E-state index contributed by atoms with van der Waals surface area (Å²) in [6, 6.07) is 13.0. The van der Waals surface area contributed by atoms with Crippen LogP contribution >= 0.6 is 0 Å². The average molecular weight is 443 g/mol. The van der Waals surface area contributed by atoms with Gasteiger partial charge in [0.15, 0.2) is 4.90 Å². The largest absolute Gasteiger partial charge is 0.497 e. The van der Waals surface area contributed by atoms with Gasteiger partial charge in [-0.2, -0.15) is 5.10 Å². The molecule has 0 spiro atoms. The summed E-state index contributed by atoms with van der Waals surface area (Å²) in [5.41, 5.74) is 0.794. The fraction of sp³-hybridized carbons (Fsp3) is 0.304. The van der Waals surface area contributed by atoms with E-state index >= 15 is 0 Å². The molecule has 0 amide bonds. The fourth-order valence-corrected chi connectivity index (χ4v) is 4.60. The maximum absolute atomic E-state index is 13.5. The molecule has 0 radical (unpaired) electrons. The Hall–Kier alpha value is -3.13. The van der Waals surface area contributed by atoms with Crippen molar-refractivity contribution in [2.45, 2.75) is 49.9 Å². The number of hydrogen-bond acceptors (Lipinski definition) is 6. The van der Waals surface area contributed by atoms with E-state index in [1.165, 1.54) is 30.0 Å². The number of carbonyl (C=O) groups excluding carboxylic acids is 1. The maximum atomic E-state index is 13.5. The van der Waals surface area contributed by atoms with Crippen molar-refractivity contribution in [1.82, 2.24) is 9.78 Å². The molecule has 0 saturated carbocycles. The highest BCUT2D eigenvalue weighted by Crippen LogP contribution is 2.36. The number of rotatable bonds is 5. The molecule has 0 saturated heterocycles. The third-order valence-corrected chi connectivity index (χ3v) is 6.60. The third-order valence-electron chi connectivity index (χ3n) is 4.70. The van der Waals surface area contributed by atoms with E-state index in [1.807, 2.05) is 27.7 Å². The Morgan fingerprint density at radius 2 is 1.68 bits per heavy atom. The number of aromatic nitrogens is 2. The Kier molecular flexibility index (Phi) is 5.96. The molecule has 0 fully saturated rings. The number of aryl methyl sites for hydroxylation is 2. The van der Waals surface area contributed by atoms with Crippen molar-refractivity contribution in [3.05, 3.63) is 65.4 Å². The number of methoxy groups -OCH3 is 1. The van der Waals surface area contributed by atoms with Gasteiger partial charge in [-0.15, -0.1) is 0 Å². The highest BCUT2D eigenvalue weighted by atomic mass is 32.2. The molecule has 0 aliphatic carbocycles. The fourth-order valence-electron chi connectivity index (χ4n) is 3.08. The third kappa shape index (κ3) is 4.49. The first-order valence-electron chi connectivity index (χ1n) is 9.73. The highest BCUT2D eigenvalue weighted by Gasteiger charge is 2.34. The monoisotopic (exact) mass is 442 g/mol. The highest BCUT2D eigenvalue weighted by molar-refractivity contribution is 7.91. The zero-order valence-corrected chi connectivity index (χ0v) is 19.3. The Labute approximate surface area is 182 Å². The molecule has 0 N–H and O–H groups in total. The Morgan fingerprint density at radius 3 is 2.26 bits per heavy atom. The van der Waals surface area contributed by atoms with Crippen molar-refractivity contribution < 1.29 is 22.7 Å². The summed E-state index contributed by atoms with van der Waals surface area (Å²) in [6.07, 6.45) is 0. The van der Waals surface area contributed by atoms with Gasteiger partial charge in [-0.1, -0.05) is 23.8 Å². The first kappa shape index (κ1) is 22.6. The van der Waals surface area contributed by atoms with Crippen LogP contribution in [0, 0.1) is 13.8 Å². The van der Waals surface area contributed by atoms with E-state index in [9.17, 15) is 13.2 Å². The topological polar surface area (TPSA) is 87.5 Å². The zero-order valence-electron chi connectivity index (χ0n) is 18.5. The number of nitrogens with zero attached hydrogens (tertiary/aromatic N) is 2. The van der Waals surface area contributed by atoms with Gasteiger partial charge < -0.3 is 9.47 Å². The van der Waals surface area contributed by atoms with Gasteiger partial charge in [0.1, 0.15) is 5.75 Å². The lowest BCUT2D eigenvalue weighted by molar-refractivity contribution is 0.0703. The number of hydrogen-bond donors (Lipinski definition) is 0. The van der Waals surface area contributed by atoms with Crippen molar-refractivity contribution >= 4 is 15.8 Å². The van der Waals surface area contributed by atoms with Crippen LogP contribution in [-0.2, 0) is 15.4 Å². The second kappa shape index (κ2) is 8.19. The van der Waals surface area contributed by atoms with E-state index in [2.05, 4.69) is 5.10 Å². The Bertz CT molecular complexity index is 1220. The summed E-state index contributed by atoms with van der Waals surface area (Å²) < 4.78 is 39.2. The van der Waals surface area contributed by atoms with Gasteiger partial charge in [0.2, 0.25) is 15.7 Å². The number of carbonyl (C=O) groups is 1. The second-order valence-electron chi connectivity index (χ2n) is 8.24. The lowest BCUT2D eigenvalue weighted by atomic mass is 10.1. The lowest BCUT2D eigenvalue weighted by Crippen LogP contribution is -2.26. The van der Waals surface area contributed by atoms with Crippen LogP contribution in [0.25, 0.3) is 0 Å². The first-order chi connectivity index (χ1) is 14.4. The molecule has 1 aromatic heterocycles. The second-order valence-corrected chi connectivity index (χ2v) is 10.1. The summed E-state index contributed by atoms with van der Waals surface area (Å²) >= 11 is 0. The van der Waals surface area contributed by atoms with Gasteiger partial charge in [0, 0.05) is 0 Å². The zero-order chi connectivity index (χ0) is 23.0. The summed E-state index contributed by atoms with van der Waals surface area (Å²) in [5.74, 6) is -0.328. The van der Waals surface area contributed by atoms with Crippen LogP contribution in [0.5, 0.6) is 11.6 Å². The van der Waals surface area contributed by atoms with Gasteiger partial charge in [-0.05, 0) is 65.0 Å². The summed E-state index contributed by atoms with van der Waals surface area (Å²) in [6.45, 7) is 9.02. The molecule has 0 bridgehead atoms. The predicted molar refractivity (Wildman–Crippen MR) is 117 cm³/mol. The van der Waals surface area contributed by atoms with Gasteiger partial charge in [0.25, 0.3) is 0 Å². The molecule has 0 aliphatic rings. The molecule has 164 valence electrons. The van der Waals surface area contributed by atoms with Crippen LogP contribution in [0.2, 0.25) is 0 Å². The van der Waals surface area contributed by atoms with Crippen molar-refractivity contribution in [2.24, 2.45) is 0 Å². The minimum atomic E-state index is -3.98. The molecule has 0 atom stereocenters. The van der Waals surface area contributed by atoms with E-state index in [0.717, 1.165) is 5.56 Å². The molecule has 0 aliphatic heterocycles. The van der Waals surface area contributed by atoms with Gasteiger partial charge in [-0.25, -0.2) is 17.9 Å². The molecule has 31 heavy (non-hydrogen) atoms. The molecular weight excluding hydrogens is 416 g/mol. The summed E-state index contributed by atoms with van der Waals surface area (Å²) in [5, 5.41) is 4.41. The van der Waals surface area contributed by atoms with E-state index in [1.54, 1.807) is 37.3 Å². The van der Waals surface area contributed by atoms with E-state index in [-0.39, 0.29) is 26.9 Å². The summed E-state index contributed by atoms with van der Waals surface area (Å²) in [7, 11) is -2.49. The molecule has 0 unspecified atom stereocenters.